The number of piperidine rings is 2. The van der Waals surface area contributed by atoms with Gasteiger partial charge in [-0.05, 0) is 167 Å². The summed E-state index contributed by atoms with van der Waals surface area (Å²) >= 11 is 30.0. The van der Waals surface area contributed by atoms with Gasteiger partial charge in [0.2, 0.25) is 23.0 Å². The molecule has 2 aliphatic heterocycles. The van der Waals surface area contributed by atoms with Crippen LogP contribution < -0.4 is 16.0 Å². The van der Waals surface area contributed by atoms with Crippen LogP contribution in [0.5, 0.6) is 0 Å². The Kier molecular flexibility index (Phi) is 15.5. The Balaban J connectivity index is 0.000000151. The number of anilines is 2. The number of aromatic nitrogens is 8. The van der Waals surface area contributed by atoms with Crippen molar-refractivity contribution in [3.63, 3.8) is 0 Å². The molecule has 4 aliphatic rings. The number of carbonyl (C=O) groups excluding carboxylic acids is 2. The lowest BCUT2D eigenvalue weighted by molar-refractivity contribution is -0.133. The largest absolute Gasteiger partial charge is 0.350 e. The number of halogens is 5. The van der Waals surface area contributed by atoms with Gasteiger partial charge in [-0.2, -0.15) is 9.97 Å². The lowest BCUT2D eigenvalue weighted by Gasteiger charge is -2.33. The maximum absolute atomic E-state index is 12.6. The molecule has 0 radical (unpaired) electrons. The van der Waals surface area contributed by atoms with Gasteiger partial charge in [-0.15, -0.1) is 0 Å². The van der Waals surface area contributed by atoms with Gasteiger partial charge in [0.05, 0.1) is 42.2 Å². The summed E-state index contributed by atoms with van der Waals surface area (Å²) in [5, 5.41) is 12.2. The maximum atomic E-state index is 12.6. The first-order valence-corrected chi connectivity index (χ1v) is 26.5. The third kappa shape index (κ3) is 12.1. The highest BCUT2D eigenvalue weighted by molar-refractivity contribution is 6.64. The van der Waals surface area contributed by atoms with Crippen LogP contribution in [0.1, 0.15) is 62.5 Å². The third-order valence-corrected chi connectivity index (χ3v) is 15.0. The number of carbonyl (C=O) groups is 2. The van der Waals surface area contributed by atoms with Crippen LogP contribution in [0.2, 0.25) is 20.1 Å². The van der Waals surface area contributed by atoms with E-state index in [2.05, 4.69) is 58.0 Å². The highest BCUT2D eigenvalue weighted by Crippen LogP contribution is 2.36. The minimum absolute atomic E-state index is 0.119. The Hall–Kier alpha value is -5.87. The molecule has 2 aliphatic carbocycles. The monoisotopic (exact) mass is 1080 g/mol. The summed E-state index contributed by atoms with van der Waals surface area (Å²) in [5.41, 5.74) is 7.65. The molecule has 73 heavy (non-hydrogen) atoms. The first-order chi connectivity index (χ1) is 35.3. The molecule has 0 spiro atoms. The molecule has 6 heterocycles. The van der Waals surface area contributed by atoms with Crippen LogP contribution in [0.25, 0.3) is 56.5 Å². The number of likely N-dealkylation sites (tertiary alicyclic amines) is 1. The number of nitrogens with one attached hydrogen (secondary N) is 3. The van der Waals surface area contributed by atoms with Crippen LogP contribution >= 0.6 is 58.0 Å². The molecule has 19 heteroatoms. The van der Waals surface area contributed by atoms with Crippen molar-refractivity contribution in [3.05, 3.63) is 129 Å². The van der Waals surface area contributed by atoms with E-state index in [1.807, 2.05) is 68.6 Å². The van der Waals surface area contributed by atoms with Gasteiger partial charge >= 0.3 is 0 Å². The van der Waals surface area contributed by atoms with Gasteiger partial charge in [-0.25, -0.2) is 19.9 Å². The van der Waals surface area contributed by atoms with E-state index in [0.717, 1.165) is 133 Å². The first-order valence-electron chi connectivity index (χ1n) is 24.6. The molecule has 3 N–H and O–H groups in total. The molecule has 2 saturated carbocycles. The van der Waals surface area contributed by atoms with Gasteiger partial charge in [0, 0.05) is 67.1 Å². The predicted octanol–water partition coefficient (Wildman–Crippen LogP) is 12.3. The van der Waals surface area contributed by atoms with Gasteiger partial charge in [-0.1, -0.05) is 58.5 Å². The van der Waals surface area contributed by atoms with E-state index in [4.69, 9.17) is 77.9 Å². The topological polar surface area (TPSA) is 161 Å². The summed E-state index contributed by atoms with van der Waals surface area (Å²) in [7, 11) is 0. The summed E-state index contributed by atoms with van der Waals surface area (Å²) in [5.74, 6) is 4.82. The Morgan fingerprint density at radius 3 is 1.58 bits per heavy atom. The molecule has 0 bridgehead atoms. The van der Waals surface area contributed by atoms with E-state index in [0.29, 0.717) is 56.3 Å². The Labute approximate surface area is 448 Å². The molecule has 4 aromatic carbocycles. The molecule has 8 aromatic rings. The minimum atomic E-state index is -0.157. The van der Waals surface area contributed by atoms with Crippen molar-refractivity contribution in [1.29, 1.82) is 0 Å². The zero-order chi connectivity index (χ0) is 50.8. The Morgan fingerprint density at radius 2 is 1.11 bits per heavy atom. The second-order valence-corrected chi connectivity index (χ2v) is 21.1. The smallest absolute Gasteiger partial charge is 0.225 e. The average Bonchev–Trinajstić information content (AvgIpc) is 4.34. The maximum Gasteiger partial charge on any atom is 0.225 e. The highest BCUT2D eigenvalue weighted by Gasteiger charge is 2.35. The summed E-state index contributed by atoms with van der Waals surface area (Å²) in [6, 6.07) is 27.6. The van der Waals surface area contributed by atoms with Crippen LogP contribution in [-0.2, 0) is 9.59 Å². The molecule has 2 saturated heterocycles. The number of aryl methyl sites for hydroxylation is 2. The second-order valence-electron chi connectivity index (χ2n) is 19.1. The van der Waals surface area contributed by atoms with Crippen molar-refractivity contribution < 1.29 is 9.59 Å². The van der Waals surface area contributed by atoms with Crippen LogP contribution in [-0.4, -0.2) is 93.4 Å². The normalized spacial score (nSPS) is 17.6. The van der Waals surface area contributed by atoms with Crippen molar-refractivity contribution in [1.82, 2.24) is 49.3 Å². The lowest BCUT2D eigenvalue weighted by Crippen LogP contribution is -2.45. The van der Waals surface area contributed by atoms with E-state index in [1.54, 1.807) is 24.5 Å². The van der Waals surface area contributed by atoms with Crippen LogP contribution in [0.3, 0.4) is 0 Å². The van der Waals surface area contributed by atoms with Crippen molar-refractivity contribution in [3.8, 4) is 34.4 Å². The molecule has 2 atom stereocenters. The van der Waals surface area contributed by atoms with E-state index >= 15 is 0 Å². The van der Waals surface area contributed by atoms with Crippen molar-refractivity contribution >= 4 is 103 Å². The average molecular weight is 1080 g/mol. The summed E-state index contributed by atoms with van der Waals surface area (Å²) in [6.07, 6.45) is 11.8. The van der Waals surface area contributed by atoms with Crippen molar-refractivity contribution in [2.24, 2.45) is 11.8 Å². The number of rotatable bonds is 10. The minimum Gasteiger partial charge on any atom is -0.350 e. The predicted molar refractivity (Wildman–Crippen MR) is 293 cm³/mol. The molecule has 4 fully saturated rings. The van der Waals surface area contributed by atoms with Crippen LogP contribution in [0.15, 0.2) is 97.3 Å². The Bertz CT molecular complexity index is 3330. The number of hydrogen-bond donors (Lipinski definition) is 3. The van der Waals surface area contributed by atoms with Crippen molar-refractivity contribution in [2.75, 3.05) is 36.8 Å². The van der Waals surface area contributed by atoms with Crippen LogP contribution in [0, 0.1) is 25.7 Å². The van der Waals surface area contributed by atoms with Crippen LogP contribution in [0.4, 0.5) is 11.9 Å². The van der Waals surface area contributed by atoms with Gasteiger partial charge in [-0.3, -0.25) is 18.7 Å². The first kappa shape index (κ1) is 50.7. The number of benzene rings is 4. The van der Waals surface area contributed by atoms with E-state index in [-0.39, 0.29) is 23.1 Å². The quantitative estimate of drug-likeness (QED) is 0.112. The molecular formula is C54H53Cl5N12O2. The highest BCUT2D eigenvalue weighted by atomic mass is 35.5. The van der Waals surface area contributed by atoms with E-state index in [1.165, 1.54) is 0 Å². The molecule has 0 unspecified atom stereocenters. The zero-order valence-corrected chi connectivity index (χ0v) is 44.0. The number of nitrogens with zero attached hydrogens (tertiary/aromatic N) is 9. The summed E-state index contributed by atoms with van der Waals surface area (Å²) in [4.78, 5) is 53.0. The summed E-state index contributed by atoms with van der Waals surface area (Å²) in [6.45, 7) is 7.62. The SMILES string of the molecule is Cc1ccc2nc(-c3ccc(Cl)c(Cl)c3)n(-c3ccnc(N[C@H]4CCCN(C(=O)C5CC5)C4)n3)c2c1.Cc1ccc2nc(-c3ccc(Cl)c(Cl)c3)n(-c3ccnc(N[C@H]4CCCNC4)n3)c2c1.O=C(Cl)C1CC1. The lowest BCUT2D eigenvalue weighted by atomic mass is 10.1. The van der Waals surface area contributed by atoms with Gasteiger partial charge in [0.25, 0.3) is 0 Å². The number of imidazole rings is 2. The molecule has 4 aromatic heterocycles. The van der Waals surface area contributed by atoms with E-state index in [9.17, 15) is 9.59 Å². The third-order valence-electron chi connectivity index (χ3n) is 13.2. The molecular weight excluding hydrogens is 1030 g/mol. The molecule has 1 amide bonds. The standard InChI is InChI=1S/C27H26Cl2N6O.C23H22Cl2N6.C4H5ClO/c1-16-4-9-22-23(13-16)35(25(32-22)18-7-8-20(28)21(29)14-18)24-10-11-30-27(33-24)31-19-3-2-12-34(15-19)26(36)17-5-6-17;1-14-4-7-19-20(11-14)31(22(29-19)15-5-6-17(24)18(25)12-15)21-8-10-27-23(30-21)28-16-3-2-9-26-13-16;5-4(6)3-1-2-3/h4,7-11,13-14,17,19H,2-3,5-6,12,15H2,1H3,(H,30,31,33);4-8,10-12,16,26H,2-3,9,13H2,1H3,(H,27,28,30);3H,1-2H2/t19-;16-;/m00./s1. The molecule has 12 rings (SSSR count). The Morgan fingerprint density at radius 1 is 0.589 bits per heavy atom. The molecule has 376 valence electrons. The van der Waals surface area contributed by atoms with Gasteiger partial charge < -0.3 is 20.9 Å². The second kappa shape index (κ2) is 22.3. The molecule has 14 nitrogen and oxygen atoms in total. The fourth-order valence-corrected chi connectivity index (χ4v) is 9.93. The van der Waals surface area contributed by atoms with Gasteiger partial charge in [0.1, 0.15) is 23.3 Å². The number of hydrogen-bond acceptors (Lipinski definition) is 11. The fourth-order valence-electron chi connectivity index (χ4n) is 9.11. The fraction of sp³-hybridized carbons (Fsp3) is 0.333. The van der Waals surface area contributed by atoms with E-state index < -0.39 is 0 Å². The number of fused-ring (bicyclic) bond motifs is 2. The summed E-state index contributed by atoms with van der Waals surface area (Å²) < 4.78 is 4.08. The van der Waals surface area contributed by atoms with Gasteiger partial charge in [0.15, 0.2) is 0 Å². The van der Waals surface area contributed by atoms with Crippen molar-refractivity contribution in [2.45, 2.75) is 77.3 Å². The zero-order valence-electron chi connectivity index (χ0n) is 40.3. The number of amides is 1.